The van der Waals surface area contributed by atoms with Gasteiger partial charge in [0.2, 0.25) is 5.78 Å². The van der Waals surface area contributed by atoms with Gasteiger partial charge in [0.15, 0.2) is 16.7 Å². The number of furan rings is 1. The van der Waals surface area contributed by atoms with Gasteiger partial charge in [0.05, 0.1) is 31.9 Å². The van der Waals surface area contributed by atoms with Crippen LogP contribution in [-0.2, 0) is 4.79 Å². The van der Waals surface area contributed by atoms with Gasteiger partial charge in [-0.25, -0.2) is 4.98 Å². The molecule has 6 nitrogen and oxygen atoms in total. The van der Waals surface area contributed by atoms with Crippen molar-refractivity contribution in [1.82, 2.24) is 4.98 Å². The lowest BCUT2D eigenvalue weighted by Crippen LogP contribution is -2.31. The van der Waals surface area contributed by atoms with Crippen molar-refractivity contribution in [1.29, 1.82) is 0 Å². The minimum atomic E-state index is -0.995. The van der Waals surface area contributed by atoms with Crippen LogP contribution >= 0.6 is 34.5 Å². The SMILES string of the molecule is Cc1cc(C)c2nc(N3C(=O)C(O)=C(C(=O)c4cc5ccccc5o4)[C@H]3c3ccc(Cl)c(Cl)c3)sc2c1. The number of Topliss-reactive ketones (excluding diaryl/α,β-unsaturated/α-hetero) is 1. The zero-order chi connectivity index (χ0) is 26.0. The van der Waals surface area contributed by atoms with Crippen LogP contribution in [0.25, 0.3) is 21.2 Å². The Labute approximate surface area is 225 Å². The van der Waals surface area contributed by atoms with Crippen molar-refractivity contribution in [3.05, 3.63) is 104 Å². The van der Waals surface area contributed by atoms with E-state index in [0.29, 0.717) is 21.3 Å². The number of rotatable bonds is 4. The highest BCUT2D eigenvalue weighted by Crippen LogP contribution is 2.45. The van der Waals surface area contributed by atoms with E-state index in [1.165, 1.54) is 16.2 Å². The molecular formula is C28H18Cl2N2O4S. The Hall–Kier alpha value is -3.65. The van der Waals surface area contributed by atoms with Gasteiger partial charge in [-0.15, -0.1) is 0 Å². The quantitative estimate of drug-likeness (QED) is 0.232. The Balaban J connectivity index is 1.54. The summed E-state index contributed by atoms with van der Waals surface area (Å²) >= 11 is 13.8. The van der Waals surface area contributed by atoms with E-state index in [1.807, 2.05) is 38.1 Å². The van der Waals surface area contributed by atoms with Crippen LogP contribution in [0, 0.1) is 13.8 Å². The zero-order valence-electron chi connectivity index (χ0n) is 19.6. The molecule has 1 aliphatic rings. The molecule has 3 heterocycles. The number of amides is 1. The van der Waals surface area contributed by atoms with E-state index >= 15 is 0 Å². The van der Waals surface area contributed by atoms with Crippen LogP contribution < -0.4 is 4.90 Å². The van der Waals surface area contributed by atoms with Crippen molar-refractivity contribution in [3.63, 3.8) is 0 Å². The summed E-state index contributed by atoms with van der Waals surface area (Å²) in [6.07, 6.45) is 0. The lowest BCUT2D eigenvalue weighted by atomic mass is 9.95. The van der Waals surface area contributed by atoms with Gasteiger partial charge in [0, 0.05) is 5.39 Å². The highest BCUT2D eigenvalue weighted by atomic mass is 35.5. The van der Waals surface area contributed by atoms with E-state index < -0.39 is 23.5 Å². The van der Waals surface area contributed by atoms with Crippen molar-refractivity contribution in [2.75, 3.05) is 4.90 Å². The summed E-state index contributed by atoms with van der Waals surface area (Å²) in [6, 6.07) is 16.6. The highest BCUT2D eigenvalue weighted by molar-refractivity contribution is 7.22. The number of aryl methyl sites for hydroxylation is 2. The third-order valence-corrected chi connectivity index (χ3v) is 8.13. The number of halogens is 2. The maximum atomic E-state index is 13.8. The fraction of sp³-hybridized carbons (Fsp3) is 0.107. The Morgan fingerprint density at radius 3 is 2.59 bits per heavy atom. The summed E-state index contributed by atoms with van der Waals surface area (Å²) in [5.41, 5.74) is 3.69. The molecule has 1 N–H and O–H groups in total. The number of hydrogen-bond donors (Lipinski definition) is 1. The van der Waals surface area contributed by atoms with E-state index in [1.54, 1.807) is 36.4 Å². The molecule has 6 rings (SSSR count). The number of para-hydroxylation sites is 1. The minimum absolute atomic E-state index is 0.0122. The number of aliphatic hydroxyl groups excluding tert-OH is 1. The molecule has 5 aromatic rings. The standard InChI is InChI=1S/C28H18Cl2N2O4S/c1-13-9-14(2)23-21(10-13)37-28(31-23)32-24(16-7-8-17(29)18(30)11-16)22(26(34)27(32)35)25(33)20-12-15-5-3-4-6-19(15)36-20/h3-12,24,34H,1-2H3/t24-/m1/s1. The Bertz CT molecular complexity index is 1770. The van der Waals surface area contributed by atoms with Crippen LogP contribution in [0.3, 0.4) is 0 Å². The molecule has 0 saturated heterocycles. The number of hydrogen-bond acceptors (Lipinski definition) is 6. The van der Waals surface area contributed by atoms with E-state index in [9.17, 15) is 14.7 Å². The maximum absolute atomic E-state index is 13.8. The molecule has 0 bridgehead atoms. The second kappa shape index (κ2) is 8.73. The molecule has 0 spiro atoms. The fourth-order valence-electron chi connectivity index (χ4n) is 4.72. The first-order chi connectivity index (χ1) is 17.7. The Morgan fingerprint density at radius 2 is 1.84 bits per heavy atom. The van der Waals surface area contributed by atoms with E-state index in [4.69, 9.17) is 32.6 Å². The zero-order valence-corrected chi connectivity index (χ0v) is 21.9. The fourth-order valence-corrected chi connectivity index (χ4v) is 6.20. The van der Waals surface area contributed by atoms with Gasteiger partial charge < -0.3 is 9.52 Å². The first-order valence-electron chi connectivity index (χ1n) is 11.4. The van der Waals surface area contributed by atoms with E-state index in [0.717, 1.165) is 26.7 Å². The molecule has 1 aliphatic heterocycles. The lowest BCUT2D eigenvalue weighted by Gasteiger charge is -2.24. The normalized spacial score (nSPS) is 15.9. The molecule has 0 saturated carbocycles. The van der Waals surface area contributed by atoms with E-state index in [2.05, 4.69) is 0 Å². The molecule has 0 fully saturated rings. The number of thiazole rings is 1. The van der Waals surface area contributed by atoms with Crippen LogP contribution in [0.4, 0.5) is 5.13 Å². The lowest BCUT2D eigenvalue weighted by molar-refractivity contribution is -0.117. The number of anilines is 1. The van der Waals surface area contributed by atoms with Gasteiger partial charge in [-0.1, -0.05) is 64.9 Å². The van der Waals surface area contributed by atoms with Crippen LogP contribution in [0.1, 0.15) is 33.3 Å². The predicted molar refractivity (Wildman–Crippen MR) is 146 cm³/mol. The third kappa shape index (κ3) is 3.82. The number of benzene rings is 3. The number of fused-ring (bicyclic) bond motifs is 2. The molecule has 0 aliphatic carbocycles. The van der Waals surface area contributed by atoms with Gasteiger partial charge in [-0.2, -0.15) is 0 Å². The van der Waals surface area contributed by atoms with Crippen molar-refractivity contribution < 1.29 is 19.1 Å². The van der Waals surface area contributed by atoms with Gasteiger partial charge in [0.25, 0.3) is 5.91 Å². The summed E-state index contributed by atoms with van der Waals surface area (Å²) in [6.45, 7) is 3.94. The second-order valence-corrected chi connectivity index (χ2v) is 10.7. The molecule has 184 valence electrons. The average Bonchev–Trinajstić information content (AvgIpc) is 3.55. The van der Waals surface area contributed by atoms with Crippen LogP contribution in [-0.4, -0.2) is 21.8 Å². The van der Waals surface area contributed by atoms with Crippen LogP contribution in [0.15, 0.2) is 76.4 Å². The first-order valence-corrected chi connectivity index (χ1v) is 12.9. The number of aliphatic hydroxyl groups is 1. The van der Waals surface area contributed by atoms with Crippen LogP contribution in [0.5, 0.6) is 0 Å². The summed E-state index contributed by atoms with van der Waals surface area (Å²) in [4.78, 5) is 33.4. The molecule has 37 heavy (non-hydrogen) atoms. The van der Waals surface area contributed by atoms with Gasteiger partial charge in [0.1, 0.15) is 5.58 Å². The maximum Gasteiger partial charge on any atom is 0.296 e. The molecule has 9 heteroatoms. The molecule has 1 amide bonds. The average molecular weight is 549 g/mol. The summed E-state index contributed by atoms with van der Waals surface area (Å²) < 4.78 is 6.68. The summed E-state index contributed by atoms with van der Waals surface area (Å²) in [5, 5.41) is 12.7. The number of carbonyl (C=O) groups is 2. The van der Waals surface area contributed by atoms with E-state index in [-0.39, 0.29) is 16.4 Å². The third-order valence-electron chi connectivity index (χ3n) is 6.39. The Morgan fingerprint density at radius 1 is 1.05 bits per heavy atom. The largest absolute Gasteiger partial charge is 0.503 e. The van der Waals surface area contributed by atoms with Crippen molar-refractivity contribution >= 4 is 72.5 Å². The van der Waals surface area contributed by atoms with Gasteiger partial charge in [-0.05, 0) is 60.9 Å². The monoisotopic (exact) mass is 548 g/mol. The Kier molecular flexibility index (Phi) is 5.60. The van der Waals surface area contributed by atoms with Crippen molar-refractivity contribution in [2.45, 2.75) is 19.9 Å². The summed E-state index contributed by atoms with van der Waals surface area (Å²) in [7, 11) is 0. The van der Waals surface area contributed by atoms with Gasteiger partial charge in [-0.3, -0.25) is 14.5 Å². The minimum Gasteiger partial charge on any atom is -0.503 e. The van der Waals surface area contributed by atoms with Gasteiger partial charge >= 0.3 is 0 Å². The van der Waals surface area contributed by atoms with Crippen molar-refractivity contribution in [3.8, 4) is 0 Å². The molecule has 0 unspecified atom stereocenters. The molecule has 1 atom stereocenters. The van der Waals surface area contributed by atoms with Crippen LogP contribution in [0.2, 0.25) is 10.0 Å². The molecular weight excluding hydrogens is 531 g/mol. The predicted octanol–water partition coefficient (Wildman–Crippen LogP) is 7.75. The molecule has 2 aromatic heterocycles. The summed E-state index contributed by atoms with van der Waals surface area (Å²) in [5.74, 6) is -1.98. The number of carbonyl (C=O) groups excluding carboxylic acids is 2. The highest BCUT2D eigenvalue weighted by Gasteiger charge is 2.46. The topological polar surface area (TPSA) is 83.6 Å². The second-order valence-electron chi connectivity index (χ2n) is 8.92. The molecule has 0 radical (unpaired) electrons. The molecule has 3 aromatic carbocycles. The number of nitrogens with zero attached hydrogens (tertiary/aromatic N) is 2. The smallest absolute Gasteiger partial charge is 0.296 e. The number of ketones is 1. The number of aromatic nitrogens is 1. The first kappa shape index (κ1) is 23.7. The van der Waals surface area contributed by atoms with Crippen molar-refractivity contribution in [2.24, 2.45) is 0 Å².